The summed E-state index contributed by atoms with van der Waals surface area (Å²) < 4.78 is 0. The van der Waals surface area contributed by atoms with Gasteiger partial charge in [-0.2, -0.15) is 5.26 Å². The van der Waals surface area contributed by atoms with Gasteiger partial charge in [0.25, 0.3) is 5.91 Å². The first-order valence-corrected chi connectivity index (χ1v) is 9.95. The molecule has 1 aromatic carbocycles. The molecule has 0 aliphatic carbocycles. The number of aromatic nitrogens is 2. The average molecular weight is 391 g/mol. The first-order valence-electron chi connectivity index (χ1n) is 9.95. The number of anilines is 2. The number of piperazine rings is 2. The van der Waals surface area contributed by atoms with Gasteiger partial charge >= 0.3 is 0 Å². The van der Waals surface area contributed by atoms with E-state index >= 15 is 0 Å². The van der Waals surface area contributed by atoms with Gasteiger partial charge < -0.3 is 19.6 Å². The number of hydrogen-bond acceptors (Lipinski definition) is 7. The van der Waals surface area contributed by atoms with Gasteiger partial charge in [0, 0.05) is 57.9 Å². The highest BCUT2D eigenvalue weighted by Crippen LogP contribution is 2.18. The van der Waals surface area contributed by atoms with Gasteiger partial charge in [-0.15, -0.1) is 10.2 Å². The molecule has 2 fully saturated rings. The predicted molar refractivity (Wildman–Crippen MR) is 111 cm³/mol. The second-order valence-corrected chi connectivity index (χ2v) is 7.51. The average Bonchev–Trinajstić information content (AvgIpc) is 2.79. The van der Waals surface area contributed by atoms with E-state index in [4.69, 9.17) is 5.26 Å². The van der Waals surface area contributed by atoms with Gasteiger partial charge in [-0.3, -0.25) is 4.79 Å². The minimum atomic E-state index is 0.00522. The van der Waals surface area contributed by atoms with Crippen LogP contribution in [-0.2, 0) is 0 Å². The van der Waals surface area contributed by atoms with E-state index in [9.17, 15) is 4.79 Å². The zero-order valence-electron chi connectivity index (χ0n) is 16.7. The van der Waals surface area contributed by atoms with Crippen molar-refractivity contribution < 1.29 is 4.79 Å². The number of nitrogens with zero attached hydrogens (tertiary/aromatic N) is 7. The smallest absolute Gasteiger partial charge is 0.253 e. The van der Waals surface area contributed by atoms with Crippen molar-refractivity contribution in [2.24, 2.45) is 0 Å². The molecule has 2 saturated heterocycles. The van der Waals surface area contributed by atoms with Crippen molar-refractivity contribution in [2.75, 3.05) is 69.2 Å². The lowest BCUT2D eigenvalue weighted by Crippen LogP contribution is -2.49. The van der Waals surface area contributed by atoms with E-state index in [2.05, 4.69) is 38.0 Å². The van der Waals surface area contributed by atoms with Crippen LogP contribution in [0.4, 0.5) is 11.6 Å². The summed E-state index contributed by atoms with van der Waals surface area (Å²) in [5, 5.41) is 17.7. The SMILES string of the molecule is CN1CCN(c2ccc(N3CCN(C(=O)c4ccc(C#N)cc4)CC3)nn2)CC1. The third-order valence-corrected chi connectivity index (χ3v) is 5.62. The Morgan fingerprint density at radius 1 is 0.828 bits per heavy atom. The second kappa shape index (κ2) is 8.45. The van der Waals surface area contributed by atoms with Crippen molar-refractivity contribution in [1.29, 1.82) is 5.26 Å². The molecule has 0 saturated carbocycles. The van der Waals surface area contributed by atoms with Crippen molar-refractivity contribution in [3.05, 3.63) is 47.5 Å². The van der Waals surface area contributed by atoms with Gasteiger partial charge in [0.2, 0.25) is 0 Å². The summed E-state index contributed by atoms with van der Waals surface area (Å²) >= 11 is 0. The molecule has 2 aliphatic rings. The highest BCUT2D eigenvalue weighted by atomic mass is 16.2. The van der Waals surface area contributed by atoms with Crippen LogP contribution >= 0.6 is 0 Å². The standard InChI is InChI=1S/C21H25N7O/c1-25-8-10-26(11-9-25)19-6-7-20(24-23-19)27-12-14-28(15-13-27)21(29)18-4-2-17(16-22)3-5-18/h2-7H,8-15H2,1H3. The lowest BCUT2D eigenvalue weighted by atomic mass is 10.1. The van der Waals surface area contributed by atoms with Crippen LogP contribution in [0, 0.1) is 11.3 Å². The van der Waals surface area contributed by atoms with Gasteiger partial charge in [-0.1, -0.05) is 0 Å². The summed E-state index contributed by atoms with van der Waals surface area (Å²) in [6.45, 7) is 6.76. The van der Waals surface area contributed by atoms with E-state index < -0.39 is 0 Å². The fourth-order valence-corrected chi connectivity index (χ4v) is 3.70. The van der Waals surface area contributed by atoms with E-state index in [1.54, 1.807) is 24.3 Å². The van der Waals surface area contributed by atoms with Crippen molar-refractivity contribution >= 4 is 17.5 Å². The zero-order valence-corrected chi connectivity index (χ0v) is 16.7. The van der Waals surface area contributed by atoms with E-state index in [0.29, 0.717) is 24.2 Å². The molecule has 150 valence electrons. The number of likely N-dealkylation sites (N-methyl/N-ethyl adjacent to an activating group) is 1. The summed E-state index contributed by atoms with van der Waals surface area (Å²) in [6.07, 6.45) is 0. The molecule has 3 heterocycles. The highest BCUT2D eigenvalue weighted by molar-refractivity contribution is 5.94. The normalized spacial score (nSPS) is 17.9. The molecule has 1 aromatic heterocycles. The van der Waals surface area contributed by atoms with Crippen molar-refractivity contribution in [3.8, 4) is 6.07 Å². The van der Waals surface area contributed by atoms with Gasteiger partial charge in [0.15, 0.2) is 11.6 Å². The summed E-state index contributed by atoms with van der Waals surface area (Å²) in [5.74, 6) is 1.79. The first-order chi connectivity index (χ1) is 14.1. The predicted octanol–water partition coefficient (Wildman–Crippen LogP) is 1.06. The lowest BCUT2D eigenvalue weighted by Gasteiger charge is -2.36. The monoisotopic (exact) mass is 391 g/mol. The molecule has 8 heteroatoms. The van der Waals surface area contributed by atoms with Crippen molar-refractivity contribution in [3.63, 3.8) is 0 Å². The van der Waals surface area contributed by atoms with Gasteiger partial charge in [-0.05, 0) is 43.4 Å². The Hall–Kier alpha value is -3.18. The van der Waals surface area contributed by atoms with Crippen LogP contribution in [0.15, 0.2) is 36.4 Å². The maximum absolute atomic E-state index is 12.7. The Kier molecular flexibility index (Phi) is 5.58. The molecule has 0 radical (unpaired) electrons. The molecular formula is C21H25N7O. The third-order valence-electron chi connectivity index (χ3n) is 5.62. The highest BCUT2D eigenvalue weighted by Gasteiger charge is 2.23. The van der Waals surface area contributed by atoms with Gasteiger partial charge in [-0.25, -0.2) is 0 Å². The Morgan fingerprint density at radius 2 is 1.34 bits per heavy atom. The number of nitriles is 1. The van der Waals surface area contributed by atoms with E-state index in [-0.39, 0.29) is 5.91 Å². The molecular weight excluding hydrogens is 366 g/mol. The molecule has 0 bridgehead atoms. The topological polar surface area (TPSA) is 79.6 Å². The maximum atomic E-state index is 12.7. The van der Waals surface area contributed by atoms with E-state index in [1.165, 1.54) is 0 Å². The molecule has 29 heavy (non-hydrogen) atoms. The fraction of sp³-hybridized carbons (Fsp3) is 0.429. The minimum Gasteiger partial charge on any atom is -0.353 e. The van der Waals surface area contributed by atoms with Crippen LogP contribution in [0.1, 0.15) is 15.9 Å². The van der Waals surface area contributed by atoms with Crippen molar-refractivity contribution in [2.45, 2.75) is 0 Å². The van der Waals surface area contributed by atoms with E-state index in [1.807, 2.05) is 17.0 Å². The van der Waals surface area contributed by atoms with Crippen LogP contribution in [0.5, 0.6) is 0 Å². The summed E-state index contributed by atoms with van der Waals surface area (Å²) in [4.78, 5) is 21.3. The fourth-order valence-electron chi connectivity index (χ4n) is 3.70. The Bertz CT molecular complexity index is 875. The van der Waals surface area contributed by atoms with Crippen LogP contribution in [0.25, 0.3) is 0 Å². The number of carbonyl (C=O) groups is 1. The van der Waals surface area contributed by atoms with Gasteiger partial charge in [0.1, 0.15) is 0 Å². The molecule has 0 unspecified atom stereocenters. The molecule has 2 aliphatic heterocycles. The molecule has 2 aromatic rings. The molecule has 4 rings (SSSR count). The van der Waals surface area contributed by atoms with Crippen LogP contribution in [0.3, 0.4) is 0 Å². The molecule has 0 atom stereocenters. The van der Waals surface area contributed by atoms with Crippen LogP contribution in [0.2, 0.25) is 0 Å². The molecule has 0 spiro atoms. The van der Waals surface area contributed by atoms with Crippen molar-refractivity contribution in [1.82, 2.24) is 20.0 Å². The largest absolute Gasteiger partial charge is 0.353 e. The summed E-state index contributed by atoms with van der Waals surface area (Å²) in [6, 6.07) is 12.9. The van der Waals surface area contributed by atoms with Crippen LogP contribution < -0.4 is 9.80 Å². The Morgan fingerprint density at radius 3 is 1.83 bits per heavy atom. The third kappa shape index (κ3) is 4.30. The zero-order chi connectivity index (χ0) is 20.2. The molecule has 1 amide bonds. The minimum absolute atomic E-state index is 0.00522. The lowest BCUT2D eigenvalue weighted by molar-refractivity contribution is 0.0746. The quantitative estimate of drug-likeness (QED) is 0.774. The number of benzene rings is 1. The number of hydrogen-bond donors (Lipinski definition) is 0. The molecule has 0 N–H and O–H groups in total. The number of amides is 1. The van der Waals surface area contributed by atoms with Crippen LogP contribution in [-0.4, -0.2) is 85.3 Å². The van der Waals surface area contributed by atoms with Gasteiger partial charge in [0.05, 0.1) is 11.6 Å². The number of carbonyl (C=O) groups excluding carboxylic acids is 1. The summed E-state index contributed by atoms with van der Waals surface area (Å²) in [7, 11) is 2.14. The first kappa shape index (κ1) is 19.2. The Balaban J connectivity index is 1.33. The Labute approximate surface area is 170 Å². The van der Waals surface area contributed by atoms with E-state index in [0.717, 1.165) is 50.9 Å². The number of rotatable bonds is 3. The second-order valence-electron chi connectivity index (χ2n) is 7.51. The molecule has 8 nitrogen and oxygen atoms in total. The summed E-state index contributed by atoms with van der Waals surface area (Å²) in [5.41, 5.74) is 1.18. The maximum Gasteiger partial charge on any atom is 0.253 e.